The quantitative estimate of drug-likeness (QED) is 0.578. The highest BCUT2D eigenvalue weighted by atomic mass is 16.2. The molecule has 0 aromatic heterocycles. The summed E-state index contributed by atoms with van der Waals surface area (Å²) in [6.07, 6.45) is 7.47. The summed E-state index contributed by atoms with van der Waals surface area (Å²) in [4.78, 5) is 23.4. The summed E-state index contributed by atoms with van der Waals surface area (Å²) in [6, 6.07) is 0. The Hall–Kier alpha value is -0.860. The third kappa shape index (κ3) is 1.25. The number of hydrogen-bond acceptors (Lipinski definition) is 2. The Morgan fingerprint density at radius 3 is 2.32 bits per heavy atom. The fraction of sp³-hybridized carbons (Fsp3) is 0.875. The van der Waals surface area contributed by atoms with E-state index in [0.29, 0.717) is 12.3 Å². The molecule has 0 aromatic carbocycles. The number of carbonyl (C=O) groups excluding carboxylic acids is 2. The third-order valence-corrected chi connectivity index (χ3v) is 7.31. The molecule has 1 N–H and O–H groups in total. The highest BCUT2D eigenvalue weighted by molar-refractivity contribution is 6.03. The van der Waals surface area contributed by atoms with Crippen LogP contribution in [-0.4, -0.2) is 11.8 Å². The lowest BCUT2D eigenvalue weighted by Gasteiger charge is -2.40. The summed E-state index contributed by atoms with van der Waals surface area (Å²) < 4.78 is 0. The Balaban J connectivity index is 1.44. The first-order valence-electron chi connectivity index (χ1n) is 8.06. The first-order valence-corrected chi connectivity index (χ1v) is 8.06. The van der Waals surface area contributed by atoms with Crippen LogP contribution < -0.4 is 5.32 Å². The lowest BCUT2D eigenvalue weighted by atomic mass is 9.64. The van der Waals surface area contributed by atoms with E-state index in [0.717, 1.165) is 35.5 Å². The van der Waals surface area contributed by atoms with Gasteiger partial charge in [0.2, 0.25) is 11.8 Å². The van der Waals surface area contributed by atoms with Gasteiger partial charge in [-0.25, -0.2) is 0 Å². The van der Waals surface area contributed by atoms with Crippen LogP contribution in [0.3, 0.4) is 0 Å². The second kappa shape index (κ2) is 3.42. The van der Waals surface area contributed by atoms with Gasteiger partial charge in [-0.05, 0) is 73.5 Å². The molecule has 0 aromatic rings. The van der Waals surface area contributed by atoms with Crippen LogP contribution in [0.1, 0.15) is 38.5 Å². The standard InChI is InChI=1S/C16H21NO2/c18-13-6-12(16(19)17-13)10-4-9-5-11(10)15-8-2-1-7(3-8)14(9)15/h7-12,14-15H,1-6H2,(H,17,18,19). The molecule has 4 saturated carbocycles. The molecule has 1 aliphatic heterocycles. The van der Waals surface area contributed by atoms with E-state index in [1.807, 2.05) is 0 Å². The highest BCUT2D eigenvalue weighted by Gasteiger charge is 2.63. The maximum atomic E-state index is 12.0. The minimum atomic E-state index is -0.0396. The molecular formula is C16H21NO2. The zero-order chi connectivity index (χ0) is 12.7. The third-order valence-electron chi connectivity index (χ3n) is 7.31. The molecule has 1 saturated heterocycles. The van der Waals surface area contributed by atoms with Crippen molar-refractivity contribution >= 4 is 11.8 Å². The molecule has 3 nitrogen and oxygen atoms in total. The van der Waals surface area contributed by atoms with E-state index in [1.165, 1.54) is 32.1 Å². The van der Waals surface area contributed by atoms with E-state index in [4.69, 9.17) is 0 Å². The molecule has 5 fully saturated rings. The molecule has 8 unspecified atom stereocenters. The predicted octanol–water partition coefficient (Wildman–Crippen LogP) is 1.97. The van der Waals surface area contributed by atoms with Gasteiger partial charge in [-0.15, -0.1) is 0 Å². The van der Waals surface area contributed by atoms with E-state index in [-0.39, 0.29) is 17.7 Å². The molecule has 4 bridgehead atoms. The first-order chi connectivity index (χ1) is 9.22. The lowest BCUT2D eigenvalue weighted by Crippen LogP contribution is -2.37. The summed E-state index contributed by atoms with van der Waals surface area (Å²) in [6.45, 7) is 0. The van der Waals surface area contributed by atoms with Crippen molar-refractivity contribution in [3.8, 4) is 0 Å². The van der Waals surface area contributed by atoms with Gasteiger partial charge >= 0.3 is 0 Å². The number of carbonyl (C=O) groups is 2. The van der Waals surface area contributed by atoms with E-state index < -0.39 is 0 Å². The molecule has 8 atom stereocenters. The zero-order valence-electron chi connectivity index (χ0n) is 11.2. The molecule has 0 spiro atoms. The van der Waals surface area contributed by atoms with Gasteiger partial charge in [0.1, 0.15) is 0 Å². The molecule has 5 rings (SSSR count). The van der Waals surface area contributed by atoms with Gasteiger partial charge in [-0.2, -0.15) is 0 Å². The molecule has 2 amide bonds. The number of amides is 2. The van der Waals surface area contributed by atoms with Crippen molar-refractivity contribution < 1.29 is 9.59 Å². The minimum Gasteiger partial charge on any atom is -0.296 e. The number of rotatable bonds is 1. The van der Waals surface area contributed by atoms with Crippen LogP contribution in [0, 0.1) is 47.3 Å². The van der Waals surface area contributed by atoms with E-state index in [2.05, 4.69) is 5.32 Å². The molecular weight excluding hydrogens is 238 g/mol. The van der Waals surface area contributed by atoms with Crippen LogP contribution in [0.2, 0.25) is 0 Å². The number of hydrogen-bond donors (Lipinski definition) is 1. The van der Waals surface area contributed by atoms with Gasteiger partial charge in [0.05, 0.1) is 5.92 Å². The smallest absolute Gasteiger partial charge is 0.230 e. The zero-order valence-corrected chi connectivity index (χ0v) is 11.2. The molecule has 19 heavy (non-hydrogen) atoms. The topological polar surface area (TPSA) is 46.2 Å². The van der Waals surface area contributed by atoms with Crippen LogP contribution >= 0.6 is 0 Å². The summed E-state index contributed by atoms with van der Waals surface area (Å²) in [5.74, 6) is 6.10. The van der Waals surface area contributed by atoms with Crippen molar-refractivity contribution in [3.63, 3.8) is 0 Å². The Bertz CT molecular complexity index is 473. The average molecular weight is 259 g/mol. The lowest BCUT2D eigenvalue weighted by molar-refractivity contribution is -0.127. The Morgan fingerprint density at radius 2 is 1.58 bits per heavy atom. The fourth-order valence-electron chi connectivity index (χ4n) is 7.00. The van der Waals surface area contributed by atoms with Crippen LogP contribution in [0.4, 0.5) is 0 Å². The fourth-order valence-corrected chi connectivity index (χ4v) is 7.00. The van der Waals surface area contributed by atoms with Crippen LogP contribution in [0.15, 0.2) is 0 Å². The first kappa shape index (κ1) is 10.9. The van der Waals surface area contributed by atoms with Crippen molar-refractivity contribution in [1.29, 1.82) is 0 Å². The van der Waals surface area contributed by atoms with Gasteiger partial charge < -0.3 is 0 Å². The van der Waals surface area contributed by atoms with Crippen molar-refractivity contribution in [3.05, 3.63) is 0 Å². The summed E-state index contributed by atoms with van der Waals surface area (Å²) in [7, 11) is 0. The van der Waals surface area contributed by atoms with Gasteiger partial charge in [0.25, 0.3) is 0 Å². The minimum absolute atomic E-state index is 0.0163. The second-order valence-electron chi connectivity index (χ2n) is 7.77. The summed E-state index contributed by atoms with van der Waals surface area (Å²) >= 11 is 0. The van der Waals surface area contributed by atoms with Gasteiger partial charge in [-0.1, -0.05) is 0 Å². The van der Waals surface area contributed by atoms with E-state index in [1.54, 1.807) is 0 Å². The number of fused-ring (bicyclic) bond motifs is 9. The Kier molecular flexibility index (Phi) is 1.96. The molecule has 0 radical (unpaired) electrons. The molecule has 102 valence electrons. The Labute approximate surface area is 113 Å². The second-order valence-corrected chi connectivity index (χ2v) is 7.77. The van der Waals surface area contributed by atoms with Gasteiger partial charge in [0, 0.05) is 6.42 Å². The molecule has 4 aliphatic carbocycles. The summed E-state index contributed by atoms with van der Waals surface area (Å²) in [5.41, 5.74) is 0. The maximum Gasteiger partial charge on any atom is 0.230 e. The summed E-state index contributed by atoms with van der Waals surface area (Å²) in [5, 5.41) is 2.52. The van der Waals surface area contributed by atoms with Crippen molar-refractivity contribution in [1.82, 2.24) is 5.32 Å². The van der Waals surface area contributed by atoms with Crippen LogP contribution in [0.5, 0.6) is 0 Å². The largest absolute Gasteiger partial charge is 0.296 e. The average Bonchev–Trinajstić information content (AvgIpc) is 3.11. The van der Waals surface area contributed by atoms with Crippen LogP contribution in [0.25, 0.3) is 0 Å². The molecule has 3 heteroatoms. The molecule has 1 heterocycles. The Morgan fingerprint density at radius 1 is 0.842 bits per heavy atom. The normalized spacial score (nSPS) is 57.9. The SMILES string of the molecule is O=C1CC(C2CC3CC2C2C4CCC(C4)C32)C(=O)N1. The number of imide groups is 1. The molecule has 5 aliphatic rings. The predicted molar refractivity (Wildman–Crippen MR) is 68.8 cm³/mol. The van der Waals surface area contributed by atoms with Crippen LogP contribution in [-0.2, 0) is 9.59 Å². The van der Waals surface area contributed by atoms with Gasteiger partial charge in [-0.3, -0.25) is 14.9 Å². The van der Waals surface area contributed by atoms with Crippen molar-refractivity contribution in [2.24, 2.45) is 47.3 Å². The van der Waals surface area contributed by atoms with E-state index in [9.17, 15) is 9.59 Å². The number of nitrogens with one attached hydrogen (secondary N) is 1. The monoisotopic (exact) mass is 259 g/mol. The highest BCUT2D eigenvalue weighted by Crippen LogP contribution is 2.69. The maximum absolute atomic E-state index is 12.0. The van der Waals surface area contributed by atoms with E-state index >= 15 is 0 Å². The van der Waals surface area contributed by atoms with Crippen molar-refractivity contribution in [2.45, 2.75) is 38.5 Å². The van der Waals surface area contributed by atoms with Crippen molar-refractivity contribution in [2.75, 3.05) is 0 Å². The van der Waals surface area contributed by atoms with Gasteiger partial charge in [0.15, 0.2) is 0 Å².